The van der Waals surface area contributed by atoms with Gasteiger partial charge in [0, 0.05) is 0 Å². The second-order valence-electron chi connectivity index (χ2n) is 3.43. The zero-order valence-corrected chi connectivity index (χ0v) is 8.80. The predicted octanol–water partition coefficient (Wildman–Crippen LogP) is 2.56. The molecule has 3 rings (SSSR count). The van der Waals surface area contributed by atoms with E-state index in [-0.39, 0.29) is 0 Å². The third-order valence-electron chi connectivity index (χ3n) is 2.23. The maximum Gasteiger partial charge on any atom is 0.213 e. The molecule has 0 N–H and O–H groups in total. The van der Waals surface area contributed by atoms with Crippen LogP contribution in [0.3, 0.4) is 0 Å². The van der Waals surface area contributed by atoms with Gasteiger partial charge in [-0.3, -0.25) is 0 Å². The molecule has 0 unspecified atom stereocenters. The summed E-state index contributed by atoms with van der Waals surface area (Å²) in [6, 6.07) is 6.37. The van der Waals surface area contributed by atoms with Gasteiger partial charge in [0.1, 0.15) is 5.82 Å². The highest BCUT2D eigenvalue weighted by Crippen LogP contribution is 2.25. The molecule has 3 nitrogen and oxygen atoms in total. The van der Waals surface area contributed by atoms with Gasteiger partial charge >= 0.3 is 0 Å². The summed E-state index contributed by atoms with van der Waals surface area (Å²) < 4.78 is 3.16. The summed E-state index contributed by atoms with van der Waals surface area (Å²) in [6.07, 6.45) is 0. The minimum atomic E-state index is 0.832. The molecule has 0 amide bonds. The van der Waals surface area contributed by atoms with Crippen LogP contribution < -0.4 is 0 Å². The molecule has 0 aliphatic heterocycles. The molecule has 0 atom stereocenters. The SMILES string of the molecule is Cc1ccc2c(c1)sc1nc(C)nn12. The van der Waals surface area contributed by atoms with E-state index in [2.05, 4.69) is 35.2 Å². The third kappa shape index (κ3) is 0.974. The van der Waals surface area contributed by atoms with E-state index < -0.39 is 0 Å². The first kappa shape index (κ1) is 7.94. The van der Waals surface area contributed by atoms with Crippen molar-refractivity contribution >= 4 is 26.5 Å². The summed E-state index contributed by atoms with van der Waals surface area (Å²) in [5.41, 5.74) is 2.43. The molecule has 2 heterocycles. The van der Waals surface area contributed by atoms with E-state index >= 15 is 0 Å². The number of hydrogen-bond donors (Lipinski definition) is 0. The number of hydrogen-bond acceptors (Lipinski definition) is 3. The summed E-state index contributed by atoms with van der Waals surface area (Å²) in [6.45, 7) is 4.01. The lowest BCUT2D eigenvalue weighted by molar-refractivity contribution is 0.971. The largest absolute Gasteiger partial charge is 0.213 e. The van der Waals surface area contributed by atoms with Gasteiger partial charge in [0.2, 0.25) is 4.96 Å². The van der Waals surface area contributed by atoms with E-state index in [1.54, 1.807) is 11.3 Å². The molecule has 70 valence electrons. The van der Waals surface area contributed by atoms with Gasteiger partial charge in [-0.05, 0) is 31.5 Å². The number of aryl methyl sites for hydroxylation is 2. The zero-order chi connectivity index (χ0) is 9.71. The molecular formula is C10H9N3S. The van der Waals surface area contributed by atoms with E-state index in [4.69, 9.17) is 0 Å². The van der Waals surface area contributed by atoms with Crippen molar-refractivity contribution in [3.05, 3.63) is 29.6 Å². The lowest BCUT2D eigenvalue weighted by Gasteiger charge is -1.91. The Labute approximate surface area is 85.0 Å². The maximum atomic E-state index is 4.35. The summed E-state index contributed by atoms with van der Waals surface area (Å²) >= 11 is 1.69. The van der Waals surface area contributed by atoms with E-state index in [0.29, 0.717) is 0 Å². The van der Waals surface area contributed by atoms with Crippen LogP contribution in [-0.4, -0.2) is 14.6 Å². The van der Waals surface area contributed by atoms with Crippen molar-refractivity contribution < 1.29 is 0 Å². The van der Waals surface area contributed by atoms with Crippen molar-refractivity contribution in [1.29, 1.82) is 0 Å². The van der Waals surface area contributed by atoms with Gasteiger partial charge in [-0.15, -0.1) is 0 Å². The average Bonchev–Trinajstić information content (AvgIpc) is 2.59. The molecule has 4 heteroatoms. The average molecular weight is 203 g/mol. The first-order chi connectivity index (χ1) is 6.74. The topological polar surface area (TPSA) is 30.2 Å². The Bertz CT molecular complexity index is 617. The second kappa shape index (κ2) is 2.54. The predicted molar refractivity (Wildman–Crippen MR) is 57.8 cm³/mol. The molecule has 14 heavy (non-hydrogen) atoms. The molecule has 0 radical (unpaired) electrons. The van der Waals surface area contributed by atoms with Gasteiger partial charge in [0.05, 0.1) is 10.2 Å². The molecule has 0 aliphatic carbocycles. The number of nitrogens with zero attached hydrogens (tertiary/aromatic N) is 3. The van der Waals surface area contributed by atoms with Gasteiger partial charge in [0.25, 0.3) is 0 Å². The van der Waals surface area contributed by atoms with Crippen molar-refractivity contribution in [1.82, 2.24) is 14.6 Å². The smallest absolute Gasteiger partial charge is 0.203 e. The van der Waals surface area contributed by atoms with E-state index in [1.807, 2.05) is 11.4 Å². The quantitative estimate of drug-likeness (QED) is 0.562. The Kier molecular flexibility index (Phi) is 1.44. The van der Waals surface area contributed by atoms with Crippen molar-refractivity contribution in [2.75, 3.05) is 0 Å². The van der Waals surface area contributed by atoms with Crippen LogP contribution in [0.2, 0.25) is 0 Å². The van der Waals surface area contributed by atoms with Crippen molar-refractivity contribution in [3.63, 3.8) is 0 Å². The highest BCUT2D eigenvalue weighted by atomic mass is 32.1. The van der Waals surface area contributed by atoms with Gasteiger partial charge < -0.3 is 0 Å². The van der Waals surface area contributed by atoms with Gasteiger partial charge in [-0.1, -0.05) is 17.4 Å². The fraction of sp³-hybridized carbons (Fsp3) is 0.200. The van der Waals surface area contributed by atoms with Gasteiger partial charge in [-0.25, -0.2) is 9.50 Å². The van der Waals surface area contributed by atoms with Crippen molar-refractivity contribution in [2.45, 2.75) is 13.8 Å². The maximum absolute atomic E-state index is 4.35. The number of rotatable bonds is 0. The van der Waals surface area contributed by atoms with Crippen LogP contribution in [0.15, 0.2) is 18.2 Å². The van der Waals surface area contributed by atoms with Gasteiger partial charge in [0.15, 0.2) is 0 Å². The highest BCUT2D eigenvalue weighted by molar-refractivity contribution is 7.23. The van der Waals surface area contributed by atoms with Gasteiger partial charge in [-0.2, -0.15) is 5.10 Å². The number of fused-ring (bicyclic) bond motifs is 3. The fourth-order valence-corrected chi connectivity index (χ4v) is 2.70. The Morgan fingerprint density at radius 2 is 2.14 bits per heavy atom. The second-order valence-corrected chi connectivity index (χ2v) is 4.44. The van der Waals surface area contributed by atoms with Crippen LogP contribution in [0.25, 0.3) is 15.2 Å². The number of aromatic nitrogens is 3. The molecule has 1 aromatic carbocycles. The van der Waals surface area contributed by atoms with Crippen LogP contribution in [-0.2, 0) is 0 Å². The Morgan fingerprint density at radius 1 is 1.29 bits per heavy atom. The normalized spacial score (nSPS) is 11.6. The van der Waals surface area contributed by atoms with Crippen LogP contribution in [0.1, 0.15) is 11.4 Å². The van der Waals surface area contributed by atoms with E-state index in [1.165, 1.54) is 10.3 Å². The molecule has 0 saturated carbocycles. The lowest BCUT2D eigenvalue weighted by atomic mass is 10.2. The summed E-state index contributed by atoms with van der Waals surface area (Å²) in [5.74, 6) is 0.832. The minimum absolute atomic E-state index is 0.832. The minimum Gasteiger partial charge on any atom is -0.203 e. The summed E-state index contributed by atoms with van der Waals surface area (Å²) in [7, 11) is 0. The van der Waals surface area contributed by atoms with Crippen LogP contribution in [0, 0.1) is 13.8 Å². The van der Waals surface area contributed by atoms with Crippen LogP contribution >= 0.6 is 11.3 Å². The number of thiazole rings is 1. The molecule has 2 aromatic heterocycles. The Morgan fingerprint density at radius 3 is 3.00 bits per heavy atom. The van der Waals surface area contributed by atoms with Crippen molar-refractivity contribution in [2.24, 2.45) is 0 Å². The summed E-state index contributed by atoms with van der Waals surface area (Å²) in [5, 5.41) is 4.35. The Hall–Kier alpha value is -1.42. The molecule has 3 aromatic rings. The molecular weight excluding hydrogens is 194 g/mol. The van der Waals surface area contributed by atoms with Crippen molar-refractivity contribution in [3.8, 4) is 0 Å². The van der Waals surface area contributed by atoms with E-state index in [0.717, 1.165) is 16.3 Å². The first-order valence-electron chi connectivity index (χ1n) is 4.46. The first-order valence-corrected chi connectivity index (χ1v) is 5.28. The third-order valence-corrected chi connectivity index (χ3v) is 3.22. The number of benzene rings is 1. The van der Waals surface area contributed by atoms with Crippen LogP contribution in [0.4, 0.5) is 0 Å². The Balaban J connectivity index is 2.52. The monoisotopic (exact) mass is 203 g/mol. The van der Waals surface area contributed by atoms with E-state index in [9.17, 15) is 0 Å². The standard InChI is InChI=1S/C10H9N3S/c1-6-3-4-8-9(5-6)14-10-11-7(2)12-13(8)10/h3-5H,1-2H3. The molecule has 0 fully saturated rings. The molecule has 0 spiro atoms. The zero-order valence-electron chi connectivity index (χ0n) is 7.98. The summed E-state index contributed by atoms with van der Waals surface area (Å²) in [4.78, 5) is 5.33. The highest BCUT2D eigenvalue weighted by Gasteiger charge is 2.07. The molecule has 0 bridgehead atoms. The molecule has 0 saturated heterocycles. The lowest BCUT2D eigenvalue weighted by Crippen LogP contribution is -1.83. The van der Waals surface area contributed by atoms with Crippen LogP contribution in [0.5, 0.6) is 0 Å². The molecule has 0 aliphatic rings. The fourth-order valence-electron chi connectivity index (χ4n) is 1.60.